The number of pyridine rings is 1. The van der Waals surface area contributed by atoms with Gasteiger partial charge in [0, 0.05) is 76.9 Å². The highest BCUT2D eigenvalue weighted by Gasteiger charge is 2.48. The van der Waals surface area contributed by atoms with E-state index in [-0.39, 0.29) is 24.6 Å². The number of hydrogen-bond donors (Lipinski definition) is 1. The number of carbonyl (C=O) groups is 1. The summed E-state index contributed by atoms with van der Waals surface area (Å²) in [4.78, 5) is 19.8. The molecule has 1 N–H and O–H groups in total. The van der Waals surface area contributed by atoms with Crippen molar-refractivity contribution in [1.82, 2.24) is 20.1 Å². The van der Waals surface area contributed by atoms with Gasteiger partial charge < -0.3 is 10.2 Å². The second-order valence-corrected chi connectivity index (χ2v) is 14.1. The Labute approximate surface area is 244 Å². The molecular weight excluding hydrogens is 560 g/mol. The lowest BCUT2D eigenvalue weighted by Gasteiger charge is -2.32. The lowest BCUT2D eigenvalue weighted by Crippen LogP contribution is -2.44. The maximum Gasteiger partial charge on any atom is 0.225 e. The van der Waals surface area contributed by atoms with Gasteiger partial charge in [-0.25, -0.2) is 27.0 Å². The number of benzene rings is 1. The fourth-order valence-corrected chi connectivity index (χ4v) is 7.59. The standard InChI is InChI=1S/C30H33F2N7O2S/c1-34-42(41)15-13-38(14-16-42)22-7-4-20(5-8-22)25-18-39(28-26(32)3-2-12-35-28)37-27(25)23-9-6-21(31)17-24(23)29(40)36-30(19-33)10-11-30/h2-5,7-8,12,18,21,23-24H,6,9-11,13-17H2,1H3,(H,36,40)/t21-,23+,24+/m0/s1. The molecule has 6 rings (SSSR count). The van der Waals surface area contributed by atoms with Gasteiger partial charge in [-0.15, -0.1) is 0 Å². The highest BCUT2D eigenvalue weighted by molar-refractivity contribution is 7.93. The number of carbonyl (C=O) groups excluding carboxylic acids is 1. The number of alkyl halides is 1. The molecule has 1 aliphatic heterocycles. The van der Waals surface area contributed by atoms with Crippen LogP contribution in [-0.2, 0) is 14.5 Å². The second kappa shape index (κ2) is 11.1. The molecule has 3 aromatic rings. The van der Waals surface area contributed by atoms with Crippen LogP contribution >= 0.6 is 0 Å². The number of rotatable bonds is 6. The fraction of sp³-hybridized carbons (Fsp3) is 0.467. The molecule has 3 aliphatic rings. The number of anilines is 1. The van der Waals surface area contributed by atoms with Gasteiger partial charge >= 0.3 is 0 Å². The maximum absolute atomic E-state index is 14.8. The van der Waals surface area contributed by atoms with Crippen LogP contribution in [0.4, 0.5) is 14.5 Å². The van der Waals surface area contributed by atoms with Crippen LogP contribution < -0.4 is 10.2 Å². The van der Waals surface area contributed by atoms with Crippen LogP contribution in [0.1, 0.15) is 43.7 Å². The SMILES string of the molecule is CN=S1(=O)CCN(c2ccc(-c3cn(-c4ncccc4F)nc3[C@@H]3CC[C@H](F)C[C@H]3C(=O)NC3(C#N)CC3)cc2)CC1. The Balaban J connectivity index is 1.36. The molecule has 12 heteroatoms. The van der Waals surface area contributed by atoms with Gasteiger partial charge in [-0.3, -0.25) is 4.79 Å². The van der Waals surface area contributed by atoms with Gasteiger partial charge in [-0.1, -0.05) is 12.1 Å². The molecular formula is C30H33F2N7O2S. The van der Waals surface area contributed by atoms with Crippen LogP contribution in [0.5, 0.6) is 0 Å². The molecule has 2 saturated carbocycles. The van der Waals surface area contributed by atoms with Gasteiger partial charge in [0.15, 0.2) is 11.6 Å². The van der Waals surface area contributed by atoms with Crippen LogP contribution in [0.25, 0.3) is 16.9 Å². The van der Waals surface area contributed by atoms with Gasteiger partial charge in [-0.2, -0.15) is 10.4 Å². The quantitative estimate of drug-likeness (QED) is 0.453. The molecule has 2 aromatic heterocycles. The first kappa shape index (κ1) is 28.3. The van der Waals surface area contributed by atoms with E-state index in [4.69, 9.17) is 5.10 Å². The Kier molecular flexibility index (Phi) is 7.47. The van der Waals surface area contributed by atoms with Crippen molar-refractivity contribution in [3.05, 3.63) is 60.3 Å². The Morgan fingerprint density at radius 1 is 1.19 bits per heavy atom. The van der Waals surface area contributed by atoms with Crippen molar-refractivity contribution in [1.29, 1.82) is 5.26 Å². The first-order valence-corrected chi connectivity index (χ1v) is 16.1. The van der Waals surface area contributed by atoms with Crippen LogP contribution in [-0.4, -0.2) is 68.2 Å². The van der Waals surface area contributed by atoms with Gasteiger partial charge in [0.25, 0.3) is 0 Å². The number of aromatic nitrogens is 3. The second-order valence-electron chi connectivity index (χ2n) is 11.4. The third-order valence-corrected chi connectivity index (χ3v) is 11.0. The minimum absolute atomic E-state index is 0.0291. The van der Waals surface area contributed by atoms with Crippen molar-refractivity contribution in [3.8, 4) is 23.0 Å². The number of halogens is 2. The van der Waals surface area contributed by atoms with Gasteiger partial charge in [0.05, 0.1) is 11.8 Å². The molecule has 1 saturated heterocycles. The number of nitrogens with zero attached hydrogens (tertiary/aromatic N) is 6. The summed E-state index contributed by atoms with van der Waals surface area (Å²) in [5.74, 6) is -0.968. The molecule has 2 aliphatic carbocycles. The van der Waals surface area contributed by atoms with Crippen LogP contribution in [0.2, 0.25) is 0 Å². The average molecular weight is 594 g/mol. The lowest BCUT2D eigenvalue weighted by atomic mass is 9.74. The molecule has 0 bridgehead atoms. The van der Waals surface area contributed by atoms with E-state index in [2.05, 4.69) is 25.6 Å². The summed E-state index contributed by atoms with van der Waals surface area (Å²) in [6, 6.07) is 12.9. The van der Waals surface area contributed by atoms with Crippen LogP contribution in [0.15, 0.2) is 53.2 Å². The van der Waals surface area contributed by atoms with Crippen molar-refractivity contribution in [2.45, 2.75) is 49.7 Å². The van der Waals surface area contributed by atoms with E-state index in [1.165, 1.54) is 23.0 Å². The normalized spacial score (nSPS) is 24.4. The molecule has 0 unspecified atom stereocenters. The van der Waals surface area contributed by atoms with Crippen molar-refractivity contribution in [3.63, 3.8) is 0 Å². The maximum atomic E-state index is 14.8. The minimum Gasteiger partial charge on any atom is -0.370 e. The molecule has 0 radical (unpaired) electrons. The van der Waals surface area contributed by atoms with Gasteiger partial charge in [0.1, 0.15) is 11.7 Å². The summed E-state index contributed by atoms with van der Waals surface area (Å²) < 4.78 is 47.6. The zero-order valence-electron chi connectivity index (χ0n) is 23.4. The Morgan fingerprint density at radius 3 is 2.57 bits per heavy atom. The number of nitrogens with one attached hydrogen (secondary N) is 1. The highest BCUT2D eigenvalue weighted by atomic mass is 32.2. The molecule has 220 valence electrons. The third-order valence-electron chi connectivity index (χ3n) is 8.74. The minimum atomic E-state index is -2.13. The lowest BCUT2D eigenvalue weighted by molar-refractivity contribution is -0.128. The predicted molar refractivity (Wildman–Crippen MR) is 156 cm³/mol. The van der Waals surface area contributed by atoms with E-state index in [0.29, 0.717) is 55.1 Å². The van der Waals surface area contributed by atoms with E-state index >= 15 is 0 Å². The van der Waals surface area contributed by atoms with Crippen molar-refractivity contribution >= 4 is 21.3 Å². The van der Waals surface area contributed by atoms with Crippen LogP contribution in [0.3, 0.4) is 0 Å². The number of amides is 1. The summed E-state index contributed by atoms with van der Waals surface area (Å²) in [7, 11) is -0.518. The Morgan fingerprint density at radius 2 is 1.93 bits per heavy atom. The molecule has 0 spiro atoms. The van der Waals surface area contributed by atoms with Gasteiger partial charge in [0.2, 0.25) is 5.91 Å². The summed E-state index contributed by atoms with van der Waals surface area (Å²) in [5, 5.41) is 17.1. The average Bonchev–Trinajstić information content (AvgIpc) is 3.65. The van der Waals surface area contributed by atoms with E-state index in [1.807, 2.05) is 24.3 Å². The first-order chi connectivity index (χ1) is 20.2. The van der Waals surface area contributed by atoms with Crippen molar-refractivity contribution < 1.29 is 17.8 Å². The Bertz CT molecular complexity index is 1640. The predicted octanol–water partition coefficient (Wildman–Crippen LogP) is 4.39. The fourth-order valence-electron chi connectivity index (χ4n) is 6.00. The zero-order chi connectivity index (χ0) is 29.5. The molecule has 1 aromatic carbocycles. The third kappa shape index (κ3) is 5.50. The van der Waals surface area contributed by atoms with E-state index in [9.17, 15) is 23.0 Å². The largest absolute Gasteiger partial charge is 0.370 e. The number of nitriles is 1. The Hall–Kier alpha value is -3.85. The van der Waals surface area contributed by atoms with E-state index < -0.39 is 39.1 Å². The zero-order valence-corrected chi connectivity index (χ0v) is 24.2. The summed E-state index contributed by atoms with van der Waals surface area (Å²) >= 11 is 0. The molecule has 3 fully saturated rings. The summed E-state index contributed by atoms with van der Waals surface area (Å²) in [5.41, 5.74) is 2.22. The molecule has 9 nitrogen and oxygen atoms in total. The molecule has 1 amide bonds. The summed E-state index contributed by atoms with van der Waals surface area (Å²) in [6.07, 6.45) is 3.93. The topological polar surface area (TPSA) is 116 Å². The van der Waals surface area contributed by atoms with E-state index in [0.717, 1.165) is 11.3 Å². The van der Waals surface area contributed by atoms with Crippen molar-refractivity contribution in [2.24, 2.45) is 10.3 Å². The van der Waals surface area contributed by atoms with Crippen molar-refractivity contribution in [2.75, 3.05) is 36.5 Å². The highest BCUT2D eigenvalue weighted by Crippen LogP contribution is 2.44. The number of hydrogen-bond acceptors (Lipinski definition) is 7. The molecule has 42 heavy (non-hydrogen) atoms. The van der Waals surface area contributed by atoms with E-state index in [1.54, 1.807) is 13.2 Å². The monoisotopic (exact) mass is 593 g/mol. The molecule has 3 heterocycles. The molecule has 3 atom stereocenters. The van der Waals surface area contributed by atoms with Crippen LogP contribution in [0, 0.1) is 23.1 Å². The first-order valence-electron chi connectivity index (χ1n) is 14.3. The summed E-state index contributed by atoms with van der Waals surface area (Å²) in [6.45, 7) is 1.29. The van der Waals surface area contributed by atoms with Gasteiger partial charge in [-0.05, 0) is 61.9 Å². The smallest absolute Gasteiger partial charge is 0.225 e.